The zero-order valence-corrected chi connectivity index (χ0v) is 9.47. The first kappa shape index (κ1) is 10.1. The van der Waals surface area contributed by atoms with Gasteiger partial charge in [-0.25, -0.2) is 0 Å². The van der Waals surface area contributed by atoms with Gasteiger partial charge in [0.05, 0.1) is 5.60 Å². The van der Waals surface area contributed by atoms with Crippen LogP contribution in [0.25, 0.3) is 0 Å². The molecule has 1 fully saturated rings. The van der Waals surface area contributed by atoms with Gasteiger partial charge in [0, 0.05) is 12.3 Å². The Kier molecular flexibility index (Phi) is 2.36. The van der Waals surface area contributed by atoms with Crippen LogP contribution in [-0.2, 0) is 6.42 Å². The number of hydrogen-bond acceptors (Lipinski definition) is 1. The first-order valence-electron chi connectivity index (χ1n) is 6.21. The number of rotatable bonds is 2. The third-order valence-corrected chi connectivity index (χ3v) is 4.12. The quantitative estimate of drug-likeness (QED) is 0.750. The number of fused-ring (bicyclic) bond motifs is 2. The minimum atomic E-state index is -0.487. The van der Waals surface area contributed by atoms with E-state index in [1.807, 2.05) is 6.07 Å². The summed E-state index contributed by atoms with van der Waals surface area (Å²) in [5.74, 6) is 0.983. The average Bonchev–Trinajstić information content (AvgIpc) is 2.31. The lowest BCUT2D eigenvalue weighted by Gasteiger charge is -2.45. The maximum absolute atomic E-state index is 10.8. The molecule has 0 amide bonds. The topological polar surface area (TPSA) is 20.2 Å². The first-order chi connectivity index (χ1) is 7.76. The molecule has 3 atom stereocenters. The van der Waals surface area contributed by atoms with Crippen molar-refractivity contribution < 1.29 is 5.11 Å². The third-order valence-electron chi connectivity index (χ3n) is 4.12. The SMILES string of the molecule is O[C@@]1(Cc2ccccc2)C[C@H]2C=C[C@@H]1CC2. The van der Waals surface area contributed by atoms with Crippen LogP contribution in [0.5, 0.6) is 0 Å². The summed E-state index contributed by atoms with van der Waals surface area (Å²) in [6.07, 6.45) is 8.71. The van der Waals surface area contributed by atoms with Crippen molar-refractivity contribution in [3.8, 4) is 0 Å². The highest BCUT2D eigenvalue weighted by Crippen LogP contribution is 2.44. The zero-order chi connectivity index (χ0) is 11.0. The summed E-state index contributed by atoms with van der Waals surface area (Å²) in [6.45, 7) is 0. The fourth-order valence-corrected chi connectivity index (χ4v) is 3.25. The molecule has 16 heavy (non-hydrogen) atoms. The molecule has 0 heterocycles. The van der Waals surface area contributed by atoms with Crippen molar-refractivity contribution in [3.05, 3.63) is 48.0 Å². The number of aliphatic hydroxyl groups is 1. The van der Waals surface area contributed by atoms with Crippen LogP contribution in [0.1, 0.15) is 24.8 Å². The van der Waals surface area contributed by atoms with Gasteiger partial charge in [0.15, 0.2) is 0 Å². The van der Waals surface area contributed by atoms with Gasteiger partial charge in [0.2, 0.25) is 0 Å². The smallest absolute Gasteiger partial charge is 0.0755 e. The third kappa shape index (κ3) is 1.69. The van der Waals surface area contributed by atoms with Gasteiger partial charge in [-0.3, -0.25) is 0 Å². The molecule has 84 valence electrons. The predicted molar refractivity (Wildman–Crippen MR) is 65.1 cm³/mol. The van der Waals surface area contributed by atoms with Gasteiger partial charge >= 0.3 is 0 Å². The van der Waals surface area contributed by atoms with Gasteiger partial charge in [0.25, 0.3) is 0 Å². The molecule has 4 rings (SSSR count). The second-order valence-corrected chi connectivity index (χ2v) is 5.30. The highest BCUT2D eigenvalue weighted by atomic mass is 16.3. The van der Waals surface area contributed by atoms with Gasteiger partial charge in [-0.05, 0) is 30.7 Å². The van der Waals surface area contributed by atoms with Crippen LogP contribution in [0.3, 0.4) is 0 Å². The molecule has 1 nitrogen and oxygen atoms in total. The maximum Gasteiger partial charge on any atom is 0.0755 e. The van der Waals surface area contributed by atoms with Crippen LogP contribution in [0.2, 0.25) is 0 Å². The molecule has 2 bridgehead atoms. The molecule has 1 aromatic carbocycles. The summed E-state index contributed by atoms with van der Waals surface area (Å²) >= 11 is 0. The van der Waals surface area contributed by atoms with E-state index in [1.165, 1.54) is 12.0 Å². The van der Waals surface area contributed by atoms with Crippen molar-refractivity contribution in [2.24, 2.45) is 11.8 Å². The van der Waals surface area contributed by atoms with Crippen LogP contribution in [-0.4, -0.2) is 10.7 Å². The van der Waals surface area contributed by atoms with Crippen LogP contribution >= 0.6 is 0 Å². The Morgan fingerprint density at radius 2 is 1.94 bits per heavy atom. The number of benzene rings is 1. The number of hydrogen-bond donors (Lipinski definition) is 1. The van der Waals surface area contributed by atoms with E-state index in [1.54, 1.807) is 0 Å². The van der Waals surface area contributed by atoms with Gasteiger partial charge < -0.3 is 5.11 Å². The van der Waals surface area contributed by atoms with Gasteiger partial charge in [-0.15, -0.1) is 0 Å². The Morgan fingerprint density at radius 3 is 2.50 bits per heavy atom. The highest BCUT2D eigenvalue weighted by Gasteiger charge is 2.43. The summed E-state index contributed by atoms with van der Waals surface area (Å²) in [5.41, 5.74) is 0.768. The molecule has 1 saturated carbocycles. The van der Waals surface area contributed by atoms with Crippen molar-refractivity contribution in [3.63, 3.8) is 0 Å². The molecular weight excluding hydrogens is 196 g/mol. The Balaban J connectivity index is 1.82. The zero-order valence-electron chi connectivity index (χ0n) is 9.47. The molecule has 1 N–H and O–H groups in total. The molecule has 0 aliphatic heterocycles. The summed E-state index contributed by atoms with van der Waals surface area (Å²) < 4.78 is 0. The lowest BCUT2D eigenvalue weighted by atomic mass is 9.64. The molecule has 3 aliphatic carbocycles. The van der Waals surface area contributed by atoms with Crippen LogP contribution in [0, 0.1) is 11.8 Å². The summed E-state index contributed by atoms with van der Waals surface area (Å²) in [7, 11) is 0. The molecule has 0 spiro atoms. The van der Waals surface area contributed by atoms with Crippen molar-refractivity contribution in [2.45, 2.75) is 31.3 Å². The van der Waals surface area contributed by atoms with E-state index in [0.717, 1.165) is 19.3 Å². The highest BCUT2D eigenvalue weighted by molar-refractivity contribution is 5.21. The monoisotopic (exact) mass is 214 g/mol. The summed E-state index contributed by atoms with van der Waals surface area (Å²) in [5, 5.41) is 10.8. The lowest BCUT2D eigenvalue weighted by molar-refractivity contribution is -0.0486. The van der Waals surface area contributed by atoms with Crippen LogP contribution in [0.15, 0.2) is 42.5 Å². The van der Waals surface area contributed by atoms with Crippen LogP contribution < -0.4 is 0 Å². The van der Waals surface area contributed by atoms with E-state index in [4.69, 9.17) is 0 Å². The number of allylic oxidation sites excluding steroid dienone is 1. The Bertz CT molecular complexity index is 395. The molecule has 1 aromatic rings. The van der Waals surface area contributed by atoms with Gasteiger partial charge in [-0.2, -0.15) is 0 Å². The molecule has 1 heteroatoms. The van der Waals surface area contributed by atoms with Gasteiger partial charge in [-0.1, -0.05) is 42.5 Å². The Labute approximate surface area is 96.8 Å². The fraction of sp³-hybridized carbons (Fsp3) is 0.467. The summed E-state index contributed by atoms with van der Waals surface area (Å²) in [4.78, 5) is 0. The molecule has 0 aromatic heterocycles. The largest absolute Gasteiger partial charge is 0.389 e. The second kappa shape index (κ2) is 3.74. The van der Waals surface area contributed by atoms with Crippen molar-refractivity contribution in [1.29, 1.82) is 0 Å². The summed E-state index contributed by atoms with van der Waals surface area (Å²) in [6, 6.07) is 10.4. The molecule has 3 aliphatic rings. The van der Waals surface area contributed by atoms with E-state index in [-0.39, 0.29) is 0 Å². The van der Waals surface area contributed by atoms with Crippen molar-refractivity contribution >= 4 is 0 Å². The van der Waals surface area contributed by atoms with Crippen LogP contribution in [0.4, 0.5) is 0 Å². The Hall–Kier alpha value is -1.08. The van der Waals surface area contributed by atoms with Crippen molar-refractivity contribution in [1.82, 2.24) is 0 Å². The first-order valence-corrected chi connectivity index (χ1v) is 6.21. The molecule has 0 radical (unpaired) electrons. The standard InChI is InChI=1S/C15H18O/c16-15(10-12-4-2-1-3-5-12)11-13-6-8-14(15)9-7-13/h1-6,8,13-14,16H,7,9-11H2/t13-,14+,15-/m0/s1. The normalized spacial score (nSPS) is 36.6. The van der Waals surface area contributed by atoms with E-state index in [0.29, 0.717) is 11.8 Å². The Morgan fingerprint density at radius 1 is 1.12 bits per heavy atom. The second-order valence-electron chi connectivity index (χ2n) is 5.30. The molecule has 0 unspecified atom stereocenters. The van der Waals surface area contributed by atoms with Crippen molar-refractivity contribution in [2.75, 3.05) is 0 Å². The fourth-order valence-electron chi connectivity index (χ4n) is 3.25. The predicted octanol–water partition coefficient (Wildman–Crippen LogP) is 2.95. The minimum Gasteiger partial charge on any atom is -0.389 e. The van der Waals surface area contributed by atoms with E-state index < -0.39 is 5.60 Å². The van der Waals surface area contributed by atoms with E-state index >= 15 is 0 Å². The average molecular weight is 214 g/mol. The molecule has 0 saturated heterocycles. The minimum absolute atomic E-state index is 0.373. The lowest BCUT2D eigenvalue weighted by Crippen LogP contribution is -2.46. The maximum atomic E-state index is 10.8. The van der Waals surface area contributed by atoms with E-state index in [9.17, 15) is 5.11 Å². The van der Waals surface area contributed by atoms with Gasteiger partial charge in [0.1, 0.15) is 0 Å². The van der Waals surface area contributed by atoms with E-state index in [2.05, 4.69) is 36.4 Å². The molecular formula is C15H18O.